The highest BCUT2D eigenvalue weighted by Crippen LogP contribution is 2.04. The third-order valence-electron chi connectivity index (χ3n) is 3.21. The van der Waals surface area contributed by atoms with Crippen LogP contribution in [-0.4, -0.2) is 113 Å². The number of aliphatic hydroxyl groups excluding tert-OH is 6. The summed E-state index contributed by atoms with van der Waals surface area (Å²) in [7, 11) is 0. The van der Waals surface area contributed by atoms with E-state index >= 15 is 0 Å². The van der Waals surface area contributed by atoms with Crippen LogP contribution >= 0.6 is 0 Å². The fourth-order valence-electron chi connectivity index (χ4n) is 1.48. The molecule has 0 unspecified atom stereocenters. The SMILES string of the molecule is C=C(CC(=O)O)C(=O)O.O=C(O)CCCCC(=O)O.OC[C@@H](O)[C@@H](O)[C@H](O)[C@@H](O)CO. The minimum atomic E-state index is -1.67. The quantitative estimate of drug-likeness (QED) is 0.0988. The Balaban J connectivity index is -0.000000384. The molecule has 182 valence electrons. The summed E-state index contributed by atoms with van der Waals surface area (Å²) in [6.45, 7) is 1.56. The van der Waals surface area contributed by atoms with E-state index in [1.54, 1.807) is 0 Å². The molecule has 0 saturated heterocycles. The average Bonchev–Trinajstić information content (AvgIpc) is 2.68. The van der Waals surface area contributed by atoms with Gasteiger partial charge in [0.25, 0.3) is 0 Å². The molecule has 0 fully saturated rings. The molecule has 0 aliphatic carbocycles. The number of unbranched alkanes of at least 4 members (excludes halogenated alkanes) is 1. The standard InChI is InChI=1S/C6H14O6.C6H10O4.C5H6O4/c7-1-3(9)5(11)6(12)4(10)2-8;7-5(8)3-1-2-4-6(9)10;1-3(5(8)9)2-4(6)7/h3-12H,1-2H2;1-4H2,(H,7,8)(H,9,10);1-2H2,(H,6,7)(H,8,9)/t3-,4+,5-,6-;;/m1../s1. The molecule has 0 aromatic carbocycles. The molecule has 0 aromatic rings. The Labute approximate surface area is 176 Å². The van der Waals surface area contributed by atoms with Gasteiger partial charge in [-0.15, -0.1) is 0 Å². The van der Waals surface area contributed by atoms with Gasteiger partial charge < -0.3 is 51.1 Å². The average molecular weight is 458 g/mol. The van der Waals surface area contributed by atoms with Gasteiger partial charge in [-0.05, 0) is 12.8 Å². The zero-order valence-electron chi connectivity index (χ0n) is 16.6. The van der Waals surface area contributed by atoms with Crippen LogP contribution in [0.2, 0.25) is 0 Å². The number of hydrogen-bond donors (Lipinski definition) is 10. The minimum Gasteiger partial charge on any atom is -0.481 e. The van der Waals surface area contributed by atoms with Crippen LogP contribution in [0.4, 0.5) is 0 Å². The van der Waals surface area contributed by atoms with Crippen LogP contribution in [0.5, 0.6) is 0 Å². The number of aliphatic hydroxyl groups is 6. The lowest BCUT2D eigenvalue weighted by atomic mass is 10.0. The van der Waals surface area contributed by atoms with Crippen LogP contribution in [0, 0.1) is 0 Å². The second kappa shape index (κ2) is 19.3. The molecule has 0 bridgehead atoms. The molecule has 31 heavy (non-hydrogen) atoms. The van der Waals surface area contributed by atoms with E-state index in [1.807, 2.05) is 0 Å². The second-order valence-corrected chi connectivity index (χ2v) is 5.95. The van der Waals surface area contributed by atoms with Gasteiger partial charge in [0.05, 0.1) is 19.6 Å². The Bertz CT molecular complexity index is 531. The van der Waals surface area contributed by atoms with Gasteiger partial charge in [0, 0.05) is 18.4 Å². The fourth-order valence-corrected chi connectivity index (χ4v) is 1.48. The predicted molar refractivity (Wildman–Crippen MR) is 101 cm³/mol. The summed E-state index contributed by atoms with van der Waals surface area (Å²) < 4.78 is 0. The van der Waals surface area contributed by atoms with Gasteiger partial charge in [-0.3, -0.25) is 14.4 Å². The summed E-state index contributed by atoms with van der Waals surface area (Å²) >= 11 is 0. The van der Waals surface area contributed by atoms with Crippen molar-refractivity contribution >= 4 is 23.9 Å². The van der Waals surface area contributed by atoms with E-state index < -0.39 is 67.9 Å². The Morgan fingerprint density at radius 1 is 0.645 bits per heavy atom. The van der Waals surface area contributed by atoms with Gasteiger partial charge in [0.2, 0.25) is 0 Å². The first kappa shape index (κ1) is 33.0. The fraction of sp³-hybridized carbons (Fsp3) is 0.647. The van der Waals surface area contributed by atoms with Gasteiger partial charge in [-0.1, -0.05) is 6.58 Å². The summed E-state index contributed by atoms with van der Waals surface area (Å²) in [5.74, 6) is -4.18. The van der Waals surface area contributed by atoms with E-state index in [0.29, 0.717) is 12.8 Å². The molecule has 0 rings (SSSR count). The van der Waals surface area contributed by atoms with Crippen LogP contribution in [0.1, 0.15) is 32.1 Å². The molecule has 14 nitrogen and oxygen atoms in total. The molecule has 0 heterocycles. The van der Waals surface area contributed by atoms with E-state index in [2.05, 4.69) is 6.58 Å². The normalized spacial score (nSPS) is 13.7. The molecular formula is C17H30O14. The third-order valence-corrected chi connectivity index (χ3v) is 3.21. The Morgan fingerprint density at radius 2 is 0.968 bits per heavy atom. The number of hydrogen-bond acceptors (Lipinski definition) is 10. The van der Waals surface area contributed by atoms with Crippen LogP contribution < -0.4 is 0 Å². The van der Waals surface area contributed by atoms with Crippen molar-refractivity contribution in [3.05, 3.63) is 12.2 Å². The van der Waals surface area contributed by atoms with E-state index in [9.17, 15) is 19.2 Å². The topological polar surface area (TPSA) is 271 Å². The number of carboxylic acids is 4. The highest BCUT2D eigenvalue weighted by atomic mass is 16.4. The zero-order chi connectivity index (χ0) is 25.1. The first-order valence-electron chi connectivity index (χ1n) is 8.71. The summed E-state index contributed by atoms with van der Waals surface area (Å²) in [5, 5.41) is 84.5. The van der Waals surface area contributed by atoms with Crippen LogP contribution in [0.25, 0.3) is 0 Å². The maximum absolute atomic E-state index is 9.90. The molecule has 0 amide bonds. The molecule has 4 atom stereocenters. The highest BCUT2D eigenvalue weighted by Gasteiger charge is 2.29. The Hall–Kier alpha value is -2.62. The van der Waals surface area contributed by atoms with Crippen molar-refractivity contribution in [3.63, 3.8) is 0 Å². The van der Waals surface area contributed by atoms with E-state index in [1.165, 1.54) is 0 Å². The van der Waals surface area contributed by atoms with Gasteiger partial charge in [0.15, 0.2) is 0 Å². The first-order chi connectivity index (χ1) is 14.2. The van der Waals surface area contributed by atoms with Crippen LogP contribution in [-0.2, 0) is 19.2 Å². The molecule has 0 spiro atoms. The van der Waals surface area contributed by atoms with E-state index in [4.69, 9.17) is 51.1 Å². The summed E-state index contributed by atoms with van der Waals surface area (Å²) in [4.78, 5) is 39.5. The number of carboxylic acid groups (broad SMARTS) is 4. The molecule has 0 radical (unpaired) electrons. The zero-order valence-corrected chi connectivity index (χ0v) is 16.6. The number of carbonyl (C=O) groups is 4. The summed E-state index contributed by atoms with van der Waals surface area (Å²) in [6, 6.07) is 0. The van der Waals surface area contributed by atoms with Gasteiger partial charge in [-0.25, -0.2) is 4.79 Å². The van der Waals surface area contributed by atoms with Crippen molar-refractivity contribution in [2.24, 2.45) is 0 Å². The lowest BCUT2D eigenvalue weighted by Crippen LogP contribution is -2.46. The molecule has 10 N–H and O–H groups in total. The van der Waals surface area contributed by atoms with Crippen molar-refractivity contribution in [1.29, 1.82) is 0 Å². The van der Waals surface area contributed by atoms with Crippen molar-refractivity contribution < 1.29 is 70.2 Å². The Morgan fingerprint density at radius 3 is 1.13 bits per heavy atom. The smallest absolute Gasteiger partial charge is 0.331 e. The van der Waals surface area contributed by atoms with Crippen molar-refractivity contribution in [1.82, 2.24) is 0 Å². The highest BCUT2D eigenvalue weighted by molar-refractivity contribution is 5.91. The summed E-state index contributed by atoms with van der Waals surface area (Å²) in [5.41, 5.74) is -0.303. The maximum Gasteiger partial charge on any atom is 0.331 e. The molecule has 0 aromatic heterocycles. The minimum absolute atomic E-state index is 0.0628. The van der Waals surface area contributed by atoms with Crippen molar-refractivity contribution in [3.8, 4) is 0 Å². The van der Waals surface area contributed by atoms with Gasteiger partial charge in [-0.2, -0.15) is 0 Å². The maximum atomic E-state index is 9.90. The van der Waals surface area contributed by atoms with Crippen LogP contribution in [0.3, 0.4) is 0 Å². The monoisotopic (exact) mass is 458 g/mol. The van der Waals surface area contributed by atoms with Crippen LogP contribution in [0.15, 0.2) is 12.2 Å². The van der Waals surface area contributed by atoms with Gasteiger partial charge in [0.1, 0.15) is 24.4 Å². The van der Waals surface area contributed by atoms with Crippen molar-refractivity contribution in [2.45, 2.75) is 56.5 Å². The number of aliphatic carboxylic acids is 4. The van der Waals surface area contributed by atoms with Gasteiger partial charge >= 0.3 is 23.9 Å². The second-order valence-electron chi connectivity index (χ2n) is 5.95. The molecule has 0 aliphatic rings. The molecule has 0 aliphatic heterocycles. The lowest BCUT2D eigenvalue weighted by Gasteiger charge is -2.24. The van der Waals surface area contributed by atoms with E-state index in [-0.39, 0.29) is 18.4 Å². The number of rotatable bonds is 13. The Kier molecular flexibility index (Phi) is 20.6. The molecule has 0 saturated carbocycles. The largest absolute Gasteiger partial charge is 0.481 e. The lowest BCUT2D eigenvalue weighted by molar-refractivity contribution is -0.139. The molecular weight excluding hydrogens is 428 g/mol. The third kappa shape index (κ3) is 21.9. The summed E-state index contributed by atoms with van der Waals surface area (Å²) in [6.07, 6.45) is -5.88. The van der Waals surface area contributed by atoms with Crippen molar-refractivity contribution in [2.75, 3.05) is 13.2 Å². The van der Waals surface area contributed by atoms with E-state index in [0.717, 1.165) is 0 Å². The first-order valence-corrected chi connectivity index (χ1v) is 8.71. The molecule has 14 heteroatoms. The predicted octanol–water partition coefficient (Wildman–Crippen LogP) is -2.77.